The second-order valence-electron chi connectivity index (χ2n) is 19.9. The maximum Gasteiger partial charge on any atom is 0.303 e. The minimum Gasteiger partial charge on any atom is -0.481 e. The molecule has 80 heavy (non-hydrogen) atoms. The van der Waals surface area contributed by atoms with Gasteiger partial charge in [-0.2, -0.15) is 0 Å². The fraction of sp³-hybridized carbons (Fsp3) is 0.274. The van der Waals surface area contributed by atoms with E-state index in [0.717, 1.165) is 117 Å². The molecule has 5 N–H and O–H groups in total. The summed E-state index contributed by atoms with van der Waals surface area (Å²) in [5.74, 6) is -0.0446. The highest BCUT2D eigenvalue weighted by molar-refractivity contribution is 6.05. The van der Waals surface area contributed by atoms with E-state index < -0.39 is 5.97 Å². The predicted octanol–water partition coefficient (Wildman–Crippen LogP) is 10.1. The van der Waals surface area contributed by atoms with Crippen LogP contribution in [0.1, 0.15) is 62.7 Å². The molecular weight excluding hydrogens is 1000 g/mol. The zero-order chi connectivity index (χ0) is 56.2. The minimum atomic E-state index is -0.711. The van der Waals surface area contributed by atoms with Crippen molar-refractivity contribution in [2.75, 3.05) is 87.7 Å². The van der Waals surface area contributed by atoms with Crippen LogP contribution >= 0.6 is 0 Å². The van der Waals surface area contributed by atoms with E-state index in [2.05, 4.69) is 84.9 Å². The Kier molecular flexibility index (Phi) is 20.6. The van der Waals surface area contributed by atoms with E-state index in [1.54, 1.807) is 37.2 Å². The van der Waals surface area contributed by atoms with Crippen LogP contribution in [0.2, 0.25) is 0 Å². The highest BCUT2D eigenvalue weighted by atomic mass is 16.4. The second-order valence-corrected chi connectivity index (χ2v) is 19.9. The number of nitrogens with zero attached hydrogens (tertiary/aromatic N) is 10. The number of benzene rings is 4. The molecule has 0 atom stereocenters. The normalized spacial score (nSPS) is 13.9. The number of anilines is 6. The van der Waals surface area contributed by atoms with E-state index in [9.17, 15) is 14.4 Å². The van der Waals surface area contributed by atoms with Gasteiger partial charge in [-0.05, 0) is 142 Å². The number of carboxylic acids is 1. The molecule has 10 rings (SSSR count). The molecule has 0 saturated carbocycles. The van der Waals surface area contributed by atoms with Gasteiger partial charge in [0.05, 0.1) is 11.4 Å². The largest absolute Gasteiger partial charge is 0.481 e. The van der Waals surface area contributed by atoms with Gasteiger partial charge in [-0.25, -0.2) is 19.9 Å². The number of pyridine rings is 2. The van der Waals surface area contributed by atoms with Crippen molar-refractivity contribution in [2.45, 2.75) is 46.7 Å². The number of aryl methyl sites for hydroxylation is 2. The zero-order valence-electron chi connectivity index (χ0n) is 46.1. The van der Waals surface area contributed by atoms with Crippen LogP contribution in [0.15, 0.2) is 159 Å². The van der Waals surface area contributed by atoms with Gasteiger partial charge in [0.15, 0.2) is 0 Å². The maximum atomic E-state index is 12.9. The smallest absolute Gasteiger partial charge is 0.303 e. The van der Waals surface area contributed by atoms with Gasteiger partial charge in [-0.3, -0.25) is 34.2 Å². The van der Waals surface area contributed by atoms with Crippen molar-refractivity contribution in [3.63, 3.8) is 0 Å². The van der Waals surface area contributed by atoms with Crippen molar-refractivity contribution in [2.24, 2.45) is 0 Å². The summed E-state index contributed by atoms with van der Waals surface area (Å²) < 4.78 is 0. The first kappa shape index (κ1) is 57.4. The molecular formula is C62H70N14O4. The Morgan fingerprint density at radius 3 is 1.29 bits per heavy atom. The zero-order valence-corrected chi connectivity index (χ0v) is 46.1. The highest BCUT2D eigenvalue weighted by Gasteiger charge is 2.17. The summed E-state index contributed by atoms with van der Waals surface area (Å²) in [7, 11) is 4.32. The molecule has 0 bridgehead atoms. The van der Waals surface area contributed by atoms with Crippen LogP contribution in [-0.4, -0.2) is 139 Å². The molecule has 18 heteroatoms. The summed E-state index contributed by atoms with van der Waals surface area (Å²) in [5.41, 5.74) is 12.2. The molecule has 0 unspecified atom stereocenters. The molecule has 4 aromatic heterocycles. The fourth-order valence-electron chi connectivity index (χ4n) is 8.77. The maximum absolute atomic E-state index is 12.9. The number of hydrogen-bond acceptors (Lipinski definition) is 15. The number of nitrogens with one attached hydrogen (secondary N) is 4. The molecule has 0 aliphatic carbocycles. The lowest BCUT2D eigenvalue weighted by molar-refractivity contribution is -0.137. The van der Waals surface area contributed by atoms with Crippen molar-refractivity contribution in [3.8, 4) is 22.5 Å². The van der Waals surface area contributed by atoms with E-state index in [1.165, 1.54) is 11.1 Å². The molecule has 0 spiro atoms. The summed E-state index contributed by atoms with van der Waals surface area (Å²) in [6.07, 6.45) is 11.5. The number of likely N-dealkylation sites (N-methyl/N-ethyl adjacent to an activating group) is 2. The number of aliphatic carboxylic acids is 1. The van der Waals surface area contributed by atoms with E-state index >= 15 is 0 Å². The van der Waals surface area contributed by atoms with Crippen LogP contribution in [0.3, 0.4) is 0 Å². The number of aromatic nitrogens is 6. The van der Waals surface area contributed by atoms with Crippen LogP contribution < -0.4 is 21.3 Å². The molecule has 4 aromatic carbocycles. The second kappa shape index (κ2) is 28.7. The summed E-state index contributed by atoms with van der Waals surface area (Å²) in [6.45, 7) is 16.3. The van der Waals surface area contributed by atoms with Crippen LogP contribution in [-0.2, 0) is 17.9 Å². The third-order valence-corrected chi connectivity index (χ3v) is 13.6. The van der Waals surface area contributed by atoms with E-state index in [-0.39, 0.29) is 11.8 Å². The SMILES string of the molecule is CCCC(=O)O.Cc1ccc(NC(=O)c2ccc(CN3CCN(C)CC3)cc2)cc1Nc1nccc(-c2cccnc2)n1.Cc1ccc(NC(=O)c2ccc(CN3CCN(C)CC3)cc2)cc1Nc1nccc(-c2cccnc2)n1. The van der Waals surface area contributed by atoms with Gasteiger partial charge in [-0.15, -0.1) is 0 Å². The summed E-state index contributed by atoms with van der Waals surface area (Å²) in [5, 5.41) is 20.5. The Bertz CT molecular complexity index is 3070. The average molecular weight is 1080 g/mol. The Morgan fingerprint density at radius 2 is 0.938 bits per heavy atom. The third-order valence-electron chi connectivity index (χ3n) is 13.6. The molecule has 2 aliphatic rings. The number of amides is 2. The predicted molar refractivity (Wildman–Crippen MR) is 316 cm³/mol. The van der Waals surface area contributed by atoms with Crippen molar-refractivity contribution in [1.82, 2.24) is 49.5 Å². The van der Waals surface area contributed by atoms with E-state index in [0.29, 0.717) is 40.8 Å². The first-order valence-corrected chi connectivity index (χ1v) is 26.9. The summed E-state index contributed by atoms with van der Waals surface area (Å²) in [6, 6.07) is 38.6. The molecule has 2 amide bonds. The number of carbonyl (C=O) groups is 3. The summed E-state index contributed by atoms with van der Waals surface area (Å²) in [4.78, 5) is 71.3. The Hall–Kier alpha value is -8.81. The fourth-order valence-corrected chi connectivity index (χ4v) is 8.77. The topological polar surface area (TPSA) is 210 Å². The lowest BCUT2D eigenvalue weighted by atomic mass is 10.1. The number of hydrogen-bond donors (Lipinski definition) is 5. The minimum absolute atomic E-state index is 0.143. The molecule has 412 valence electrons. The van der Waals surface area contributed by atoms with Gasteiger partial charge >= 0.3 is 5.97 Å². The summed E-state index contributed by atoms with van der Waals surface area (Å²) >= 11 is 0. The first-order chi connectivity index (χ1) is 38.8. The van der Waals surface area contributed by atoms with Crippen molar-refractivity contribution in [1.29, 1.82) is 0 Å². The molecule has 18 nitrogen and oxygen atoms in total. The first-order valence-electron chi connectivity index (χ1n) is 26.9. The van der Waals surface area contributed by atoms with E-state index in [1.807, 2.05) is 142 Å². The van der Waals surface area contributed by atoms with Crippen molar-refractivity contribution < 1.29 is 19.5 Å². The van der Waals surface area contributed by atoms with Crippen molar-refractivity contribution in [3.05, 3.63) is 192 Å². The molecule has 2 fully saturated rings. The third kappa shape index (κ3) is 17.3. The average Bonchev–Trinajstić information content (AvgIpc) is 3.48. The highest BCUT2D eigenvalue weighted by Crippen LogP contribution is 2.27. The Labute approximate surface area is 468 Å². The van der Waals surface area contributed by atoms with Gasteiger partial charge in [0.25, 0.3) is 11.8 Å². The molecule has 8 aromatic rings. The number of carboxylic acid groups (broad SMARTS) is 1. The number of piperazine rings is 2. The lowest BCUT2D eigenvalue weighted by Gasteiger charge is -2.32. The quantitative estimate of drug-likeness (QED) is 0.0610. The molecule has 6 heterocycles. The van der Waals surface area contributed by atoms with Gasteiger partial charge < -0.3 is 36.2 Å². The van der Waals surface area contributed by atoms with Crippen LogP contribution in [0.25, 0.3) is 22.5 Å². The van der Waals surface area contributed by atoms with Crippen LogP contribution in [0.5, 0.6) is 0 Å². The Morgan fingerprint density at radius 1 is 0.525 bits per heavy atom. The number of carbonyl (C=O) groups excluding carboxylic acids is 2. The van der Waals surface area contributed by atoms with E-state index in [4.69, 9.17) is 5.11 Å². The van der Waals surface area contributed by atoms with Crippen LogP contribution in [0.4, 0.5) is 34.6 Å². The van der Waals surface area contributed by atoms with Gasteiger partial charge in [0.1, 0.15) is 0 Å². The monoisotopic (exact) mass is 1070 g/mol. The van der Waals surface area contributed by atoms with Gasteiger partial charge in [0, 0.05) is 154 Å². The standard InChI is InChI=1S/2C29H31N7O.C4H8O2/c2*1-21-5-10-25(18-27(21)34-29-31-13-11-26(33-29)24-4-3-12-30-19-24)32-28(37)23-8-6-22(7-9-23)20-36-16-14-35(2)15-17-36;1-2-3-4(5)6/h2*3-13,18-19H,14-17,20H2,1-2H3,(H,32,37)(H,31,33,34);2-3H2,1H3,(H,5,6). The van der Waals surface area contributed by atoms with Crippen LogP contribution in [0, 0.1) is 13.8 Å². The Balaban J connectivity index is 0.000000191. The lowest BCUT2D eigenvalue weighted by Crippen LogP contribution is -2.43. The molecule has 2 aliphatic heterocycles. The van der Waals surface area contributed by atoms with Gasteiger partial charge in [0.2, 0.25) is 11.9 Å². The molecule has 0 radical (unpaired) electrons. The van der Waals surface area contributed by atoms with Crippen molar-refractivity contribution >= 4 is 52.4 Å². The number of rotatable bonds is 16. The van der Waals surface area contributed by atoms with Gasteiger partial charge in [-0.1, -0.05) is 43.3 Å². The molecule has 2 saturated heterocycles.